The molecule has 0 aromatic heterocycles. The molecule has 140 valence electrons. The van der Waals surface area contributed by atoms with Crippen molar-refractivity contribution in [3.05, 3.63) is 60.2 Å². The molecule has 0 spiro atoms. The SMILES string of the molecule is CCN(CC)S(=O)(=O)c1ccc(NC(=O)CCCc2ccccc2)cc1. The van der Waals surface area contributed by atoms with E-state index in [9.17, 15) is 13.2 Å². The van der Waals surface area contributed by atoms with E-state index >= 15 is 0 Å². The first-order chi connectivity index (χ1) is 12.5. The third-order valence-electron chi connectivity index (χ3n) is 4.19. The normalized spacial score (nSPS) is 11.5. The Labute approximate surface area is 156 Å². The number of benzene rings is 2. The minimum absolute atomic E-state index is 0.0692. The first-order valence-electron chi connectivity index (χ1n) is 8.91. The third kappa shape index (κ3) is 5.41. The summed E-state index contributed by atoms with van der Waals surface area (Å²) >= 11 is 0. The molecule has 0 saturated carbocycles. The van der Waals surface area contributed by atoms with E-state index in [1.54, 1.807) is 12.1 Å². The zero-order valence-corrected chi connectivity index (χ0v) is 16.1. The number of carbonyl (C=O) groups is 1. The van der Waals surface area contributed by atoms with Crippen molar-refractivity contribution in [3.8, 4) is 0 Å². The molecule has 0 aliphatic heterocycles. The van der Waals surface area contributed by atoms with Gasteiger partial charge < -0.3 is 5.32 Å². The van der Waals surface area contributed by atoms with Crippen LogP contribution < -0.4 is 5.32 Å². The smallest absolute Gasteiger partial charge is 0.243 e. The first-order valence-corrected chi connectivity index (χ1v) is 10.4. The fraction of sp³-hybridized carbons (Fsp3) is 0.350. The number of carbonyl (C=O) groups excluding carboxylic acids is 1. The summed E-state index contributed by atoms with van der Waals surface area (Å²) in [5, 5.41) is 2.82. The van der Waals surface area contributed by atoms with Crippen LogP contribution in [0.1, 0.15) is 32.3 Å². The van der Waals surface area contributed by atoms with Crippen LogP contribution in [0.3, 0.4) is 0 Å². The maximum Gasteiger partial charge on any atom is 0.243 e. The van der Waals surface area contributed by atoms with E-state index in [4.69, 9.17) is 0 Å². The topological polar surface area (TPSA) is 66.5 Å². The summed E-state index contributed by atoms with van der Waals surface area (Å²) in [5.41, 5.74) is 1.82. The fourth-order valence-electron chi connectivity index (χ4n) is 2.74. The van der Waals surface area contributed by atoms with Crippen LogP contribution >= 0.6 is 0 Å². The lowest BCUT2D eigenvalue weighted by molar-refractivity contribution is -0.116. The van der Waals surface area contributed by atoms with E-state index < -0.39 is 10.0 Å². The maximum atomic E-state index is 12.4. The highest BCUT2D eigenvalue weighted by molar-refractivity contribution is 7.89. The number of anilines is 1. The molecular formula is C20H26N2O3S. The van der Waals surface area contributed by atoms with Crippen molar-refractivity contribution < 1.29 is 13.2 Å². The molecule has 2 aromatic rings. The number of hydrogen-bond donors (Lipinski definition) is 1. The van der Waals surface area contributed by atoms with E-state index in [0.717, 1.165) is 12.8 Å². The van der Waals surface area contributed by atoms with Gasteiger partial charge in [0, 0.05) is 25.2 Å². The van der Waals surface area contributed by atoms with Crippen LogP contribution in [0.25, 0.3) is 0 Å². The fourth-order valence-corrected chi connectivity index (χ4v) is 4.20. The van der Waals surface area contributed by atoms with E-state index in [2.05, 4.69) is 5.32 Å². The Kier molecular flexibility index (Phi) is 7.36. The van der Waals surface area contributed by atoms with Gasteiger partial charge in [-0.25, -0.2) is 8.42 Å². The Bertz CT molecular complexity index is 799. The van der Waals surface area contributed by atoms with Gasteiger partial charge in [-0.2, -0.15) is 4.31 Å². The molecule has 0 bridgehead atoms. The molecule has 0 aliphatic rings. The number of nitrogens with one attached hydrogen (secondary N) is 1. The molecule has 0 aliphatic carbocycles. The summed E-state index contributed by atoms with van der Waals surface area (Å²) in [6.07, 6.45) is 2.05. The van der Waals surface area contributed by atoms with Crippen molar-refractivity contribution >= 4 is 21.6 Å². The van der Waals surface area contributed by atoms with Crippen molar-refractivity contribution in [1.29, 1.82) is 0 Å². The van der Waals surface area contributed by atoms with E-state index in [-0.39, 0.29) is 10.8 Å². The summed E-state index contributed by atoms with van der Waals surface area (Å²) in [6.45, 7) is 4.48. The van der Waals surface area contributed by atoms with Gasteiger partial charge in [0.25, 0.3) is 0 Å². The number of hydrogen-bond acceptors (Lipinski definition) is 3. The highest BCUT2D eigenvalue weighted by Crippen LogP contribution is 2.18. The van der Waals surface area contributed by atoms with E-state index in [0.29, 0.717) is 25.2 Å². The first kappa shape index (κ1) is 20.1. The van der Waals surface area contributed by atoms with E-state index in [1.807, 2.05) is 44.2 Å². The van der Waals surface area contributed by atoms with Crippen LogP contribution in [0.2, 0.25) is 0 Å². The largest absolute Gasteiger partial charge is 0.326 e. The number of sulfonamides is 1. The zero-order valence-electron chi connectivity index (χ0n) is 15.3. The number of nitrogens with zero attached hydrogens (tertiary/aromatic N) is 1. The van der Waals surface area contributed by atoms with Crippen molar-refractivity contribution in [2.24, 2.45) is 0 Å². The van der Waals surface area contributed by atoms with Gasteiger partial charge in [-0.1, -0.05) is 44.2 Å². The molecule has 5 nitrogen and oxygen atoms in total. The molecule has 2 rings (SSSR count). The van der Waals surface area contributed by atoms with Gasteiger partial charge in [0.05, 0.1) is 4.90 Å². The Balaban J connectivity index is 1.89. The molecule has 0 unspecified atom stereocenters. The highest BCUT2D eigenvalue weighted by Gasteiger charge is 2.21. The summed E-state index contributed by atoms with van der Waals surface area (Å²) in [7, 11) is -3.47. The van der Waals surface area contributed by atoms with Crippen molar-refractivity contribution in [2.45, 2.75) is 38.0 Å². The van der Waals surface area contributed by atoms with Crippen LogP contribution in [-0.4, -0.2) is 31.7 Å². The Morgan fingerprint density at radius 3 is 2.15 bits per heavy atom. The summed E-state index contributed by atoms with van der Waals surface area (Å²) in [5.74, 6) is -0.0692. The third-order valence-corrected chi connectivity index (χ3v) is 6.26. The highest BCUT2D eigenvalue weighted by atomic mass is 32.2. The maximum absolute atomic E-state index is 12.4. The monoisotopic (exact) mass is 374 g/mol. The predicted octanol–water partition coefficient (Wildman–Crippen LogP) is 3.68. The average Bonchev–Trinajstić information content (AvgIpc) is 2.64. The van der Waals surface area contributed by atoms with E-state index in [1.165, 1.54) is 22.0 Å². The van der Waals surface area contributed by atoms with Gasteiger partial charge in [-0.15, -0.1) is 0 Å². The molecule has 1 N–H and O–H groups in total. The minimum atomic E-state index is -3.47. The van der Waals surface area contributed by atoms with Gasteiger partial charge in [0.1, 0.15) is 0 Å². The molecule has 6 heteroatoms. The van der Waals surface area contributed by atoms with Gasteiger partial charge in [0.2, 0.25) is 15.9 Å². The van der Waals surface area contributed by atoms with Gasteiger partial charge >= 0.3 is 0 Å². The van der Waals surface area contributed by atoms with Crippen LogP contribution in [0, 0.1) is 0 Å². The number of rotatable bonds is 9. The average molecular weight is 375 g/mol. The Morgan fingerprint density at radius 2 is 1.58 bits per heavy atom. The lowest BCUT2D eigenvalue weighted by atomic mass is 10.1. The molecule has 2 aromatic carbocycles. The molecule has 1 amide bonds. The summed E-state index contributed by atoms with van der Waals surface area (Å²) in [6, 6.07) is 16.4. The van der Waals surface area contributed by atoms with Gasteiger partial charge in [-0.05, 0) is 42.7 Å². The van der Waals surface area contributed by atoms with Crippen LogP contribution in [0.4, 0.5) is 5.69 Å². The molecule has 0 atom stereocenters. The van der Waals surface area contributed by atoms with Crippen LogP contribution in [0.5, 0.6) is 0 Å². The molecule has 0 saturated heterocycles. The van der Waals surface area contributed by atoms with Crippen LogP contribution in [0.15, 0.2) is 59.5 Å². The minimum Gasteiger partial charge on any atom is -0.326 e. The lowest BCUT2D eigenvalue weighted by Gasteiger charge is -2.18. The van der Waals surface area contributed by atoms with Crippen molar-refractivity contribution in [3.63, 3.8) is 0 Å². The lowest BCUT2D eigenvalue weighted by Crippen LogP contribution is -2.30. The van der Waals surface area contributed by atoms with Gasteiger partial charge in [0.15, 0.2) is 0 Å². The summed E-state index contributed by atoms with van der Waals surface area (Å²) < 4.78 is 26.3. The second kappa shape index (κ2) is 9.50. The van der Waals surface area contributed by atoms with Crippen LogP contribution in [-0.2, 0) is 21.2 Å². The van der Waals surface area contributed by atoms with Crippen molar-refractivity contribution in [2.75, 3.05) is 18.4 Å². The molecule has 0 radical (unpaired) electrons. The number of amides is 1. The predicted molar refractivity (Wildman–Crippen MR) is 105 cm³/mol. The van der Waals surface area contributed by atoms with Crippen molar-refractivity contribution in [1.82, 2.24) is 4.31 Å². The standard InChI is InChI=1S/C20H26N2O3S/c1-3-22(4-2)26(24,25)19-15-13-18(14-16-19)21-20(23)12-8-11-17-9-6-5-7-10-17/h5-7,9-10,13-16H,3-4,8,11-12H2,1-2H3,(H,21,23). The Hall–Kier alpha value is -2.18. The second-order valence-corrected chi connectivity index (χ2v) is 7.94. The molecule has 26 heavy (non-hydrogen) atoms. The molecule has 0 heterocycles. The van der Waals surface area contributed by atoms with Gasteiger partial charge in [-0.3, -0.25) is 4.79 Å². The second-order valence-electron chi connectivity index (χ2n) is 6.00. The number of aryl methyl sites for hydroxylation is 1. The molecule has 0 fully saturated rings. The zero-order chi connectivity index (χ0) is 19.0. The molecular weight excluding hydrogens is 348 g/mol. The quantitative estimate of drug-likeness (QED) is 0.728. The summed E-state index contributed by atoms with van der Waals surface area (Å²) in [4.78, 5) is 12.3. The Morgan fingerprint density at radius 1 is 0.962 bits per heavy atom.